The average molecular weight is 467 g/mol. The zero-order valence-electron chi connectivity index (χ0n) is 18.3. The molecular weight excluding hydrogens is 439 g/mol. The summed E-state index contributed by atoms with van der Waals surface area (Å²) in [6, 6.07) is 9.07. The van der Waals surface area contributed by atoms with E-state index in [2.05, 4.69) is 10.0 Å². The highest BCUT2D eigenvalue weighted by Crippen LogP contribution is 2.17. The molecule has 8 nitrogen and oxygen atoms in total. The third kappa shape index (κ3) is 7.03. The first-order valence-electron chi connectivity index (χ1n) is 9.88. The van der Waals surface area contributed by atoms with Crippen molar-refractivity contribution in [1.29, 1.82) is 0 Å². The molecule has 2 N–H and O–H groups in total. The normalized spacial score (nSPS) is 12.3. The Labute approximate surface area is 187 Å². The number of benzene rings is 2. The first kappa shape index (κ1) is 25.3. The molecule has 0 saturated heterocycles. The number of hydrogen-bond donors (Lipinski definition) is 2. The van der Waals surface area contributed by atoms with E-state index in [1.165, 1.54) is 37.4 Å². The Kier molecular flexibility index (Phi) is 8.73. The van der Waals surface area contributed by atoms with Crippen molar-refractivity contribution in [2.24, 2.45) is 5.92 Å². The van der Waals surface area contributed by atoms with Crippen LogP contribution >= 0.6 is 0 Å². The van der Waals surface area contributed by atoms with Gasteiger partial charge in [-0.2, -0.15) is 4.72 Å². The number of nitrogens with one attached hydrogen (secondary N) is 2. The topological polar surface area (TPSA) is 111 Å². The number of halogens is 1. The first-order valence-corrected chi connectivity index (χ1v) is 11.4. The van der Waals surface area contributed by atoms with E-state index < -0.39 is 40.5 Å². The summed E-state index contributed by atoms with van der Waals surface area (Å²) in [4.78, 5) is 24.4. The Hall–Kier alpha value is -2.98. The number of carbonyl (C=O) groups excluding carboxylic acids is 2. The van der Waals surface area contributed by atoms with Crippen molar-refractivity contribution in [3.05, 3.63) is 59.4 Å². The number of rotatable bonds is 10. The number of aryl methyl sites for hydroxylation is 1. The van der Waals surface area contributed by atoms with Gasteiger partial charge >= 0.3 is 5.97 Å². The quantitative estimate of drug-likeness (QED) is 0.520. The second-order valence-corrected chi connectivity index (χ2v) is 9.20. The maximum Gasteiger partial charge on any atom is 0.324 e. The highest BCUT2D eigenvalue weighted by Gasteiger charge is 2.30. The van der Waals surface area contributed by atoms with Crippen LogP contribution in [0.3, 0.4) is 0 Å². The number of esters is 1. The van der Waals surface area contributed by atoms with Crippen molar-refractivity contribution in [1.82, 2.24) is 10.0 Å². The molecule has 2 aromatic carbocycles. The van der Waals surface area contributed by atoms with Crippen molar-refractivity contribution in [2.45, 2.75) is 38.3 Å². The average Bonchev–Trinajstić information content (AvgIpc) is 2.76. The van der Waals surface area contributed by atoms with Gasteiger partial charge in [0, 0.05) is 6.54 Å². The number of ether oxygens (including phenoxy) is 2. The van der Waals surface area contributed by atoms with Gasteiger partial charge in [0.25, 0.3) is 5.91 Å². The van der Waals surface area contributed by atoms with Gasteiger partial charge < -0.3 is 14.8 Å². The van der Waals surface area contributed by atoms with E-state index in [9.17, 15) is 22.4 Å². The van der Waals surface area contributed by atoms with Crippen LogP contribution in [-0.2, 0) is 30.9 Å². The van der Waals surface area contributed by atoms with Gasteiger partial charge in [-0.3, -0.25) is 9.59 Å². The summed E-state index contributed by atoms with van der Waals surface area (Å²) in [5, 5.41) is 2.52. The Morgan fingerprint density at radius 3 is 2.31 bits per heavy atom. The molecule has 0 saturated carbocycles. The van der Waals surface area contributed by atoms with Crippen molar-refractivity contribution in [3.8, 4) is 5.75 Å². The van der Waals surface area contributed by atoms with Gasteiger partial charge in [-0.25, -0.2) is 12.8 Å². The molecule has 2 rings (SSSR count). The lowest BCUT2D eigenvalue weighted by atomic mass is 10.1. The number of amides is 1. The molecule has 0 fully saturated rings. The minimum absolute atomic E-state index is 0.0418. The summed E-state index contributed by atoms with van der Waals surface area (Å²) in [6.07, 6.45) is 0. The summed E-state index contributed by atoms with van der Waals surface area (Å²) in [7, 11) is -2.55. The smallest absolute Gasteiger partial charge is 0.324 e. The van der Waals surface area contributed by atoms with Gasteiger partial charge in [-0.15, -0.1) is 0 Å². The Morgan fingerprint density at radius 2 is 1.75 bits per heavy atom. The third-order valence-electron chi connectivity index (χ3n) is 4.64. The molecule has 1 amide bonds. The molecule has 10 heteroatoms. The predicted molar refractivity (Wildman–Crippen MR) is 116 cm³/mol. The Morgan fingerprint density at radius 1 is 1.09 bits per heavy atom. The summed E-state index contributed by atoms with van der Waals surface area (Å²) < 4.78 is 51.2. The first-order chi connectivity index (χ1) is 15.0. The minimum Gasteiger partial charge on any atom is -0.497 e. The van der Waals surface area contributed by atoms with E-state index in [1.807, 2.05) is 0 Å². The molecule has 0 aromatic heterocycles. The zero-order chi connectivity index (χ0) is 23.9. The minimum atomic E-state index is -4.01. The molecule has 174 valence electrons. The molecule has 0 aliphatic heterocycles. The van der Waals surface area contributed by atoms with E-state index >= 15 is 0 Å². The van der Waals surface area contributed by atoms with Crippen LogP contribution in [-0.4, -0.2) is 40.1 Å². The van der Waals surface area contributed by atoms with Crippen LogP contribution in [0.15, 0.2) is 47.4 Å². The molecule has 0 aliphatic carbocycles. The number of sulfonamides is 1. The van der Waals surface area contributed by atoms with E-state index in [0.29, 0.717) is 16.9 Å². The van der Waals surface area contributed by atoms with Crippen LogP contribution in [0.5, 0.6) is 5.75 Å². The molecule has 0 bridgehead atoms. The molecular formula is C22H27FN2O6S. The molecule has 0 aliphatic rings. The summed E-state index contributed by atoms with van der Waals surface area (Å²) in [5.74, 6) is -1.81. The zero-order valence-corrected chi connectivity index (χ0v) is 19.2. The fourth-order valence-electron chi connectivity index (χ4n) is 2.67. The lowest BCUT2D eigenvalue weighted by molar-refractivity contribution is -0.151. The standard InChI is InChI=1S/C22H27FN2O6S/c1-14(2)21(25-32(28,29)18-9-7-17(30-4)8-10-18)22(27)31-13-20(26)24-12-16-6-5-15(3)19(23)11-16/h5-11,14,21,25H,12-13H2,1-4H3,(H,24,26)/t21-/m0/s1. The van der Waals surface area contributed by atoms with Crippen molar-refractivity contribution >= 4 is 21.9 Å². The fraction of sp³-hybridized carbons (Fsp3) is 0.364. The van der Waals surface area contributed by atoms with Gasteiger partial charge in [-0.05, 0) is 54.3 Å². The van der Waals surface area contributed by atoms with Gasteiger partial charge in [0.05, 0.1) is 12.0 Å². The maximum absolute atomic E-state index is 13.6. The van der Waals surface area contributed by atoms with Crippen molar-refractivity contribution in [3.63, 3.8) is 0 Å². The van der Waals surface area contributed by atoms with E-state index in [4.69, 9.17) is 9.47 Å². The van der Waals surface area contributed by atoms with Crippen LogP contribution < -0.4 is 14.8 Å². The van der Waals surface area contributed by atoms with Crippen LogP contribution in [0.1, 0.15) is 25.0 Å². The molecule has 1 atom stereocenters. The third-order valence-corrected chi connectivity index (χ3v) is 6.10. The predicted octanol–water partition coefficient (Wildman–Crippen LogP) is 2.31. The molecule has 0 spiro atoms. The summed E-state index contributed by atoms with van der Waals surface area (Å²) in [5.41, 5.74) is 1.05. The van der Waals surface area contributed by atoms with Gasteiger partial charge in [-0.1, -0.05) is 26.0 Å². The molecule has 0 unspecified atom stereocenters. The van der Waals surface area contributed by atoms with Crippen LogP contribution in [0.2, 0.25) is 0 Å². The lowest BCUT2D eigenvalue weighted by Crippen LogP contribution is -2.46. The number of hydrogen-bond acceptors (Lipinski definition) is 6. The maximum atomic E-state index is 13.6. The highest BCUT2D eigenvalue weighted by atomic mass is 32.2. The van der Waals surface area contributed by atoms with Gasteiger partial charge in [0.1, 0.15) is 17.6 Å². The number of carbonyl (C=O) groups is 2. The molecule has 32 heavy (non-hydrogen) atoms. The lowest BCUT2D eigenvalue weighted by Gasteiger charge is -2.20. The highest BCUT2D eigenvalue weighted by molar-refractivity contribution is 7.89. The fourth-order valence-corrected chi connectivity index (χ4v) is 4.00. The molecule has 0 heterocycles. The van der Waals surface area contributed by atoms with Crippen molar-refractivity contribution in [2.75, 3.05) is 13.7 Å². The van der Waals surface area contributed by atoms with Crippen LogP contribution in [0, 0.1) is 18.7 Å². The molecule has 2 aromatic rings. The monoisotopic (exact) mass is 466 g/mol. The second kappa shape index (κ2) is 11.1. The van der Waals surface area contributed by atoms with Crippen LogP contribution in [0.4, 0.5) is 4.39 Å². The van der Waals surface area contributed by atoms with E-state index in [0.717, 1.165) is 0 Å². The largest absolute Gasteiger partial charge is 0.497 e. The van der Waals surface area contributed by atoms with Crippen molar-refractivity contribution < 1.29 is 31.9 Å². The second-order valence-electron chi connectivity index (χ2n) is 7.49. The van der Waals surface area contributed by atoms with Crippen LogP contribution in [0.25, 0.3) is 0 Å². The number of methoxy groups -OCH3 is 1. The molecule has 0 radical (unpaired) electrons. The SMILES string of the molecule is COc1ccc(S(=O)(=O)N[C@H](C(=O)OCC(=O)NCc2ccc(C)c(F)c2)C(C)C)cc1. The van der Waals surface area contributed by atoms with Gasteiger partial charge in [0.2, 0.25) is 10.0 Å². The summed E-state index contributed by atoms with van der Waals surface area (Å²) >= 11 is 0. The van der Waals surface area contributed by atoms with E-state index in [1.54, 1.807) is 32.9 Å². The van der Waals surface area contributed by atoms with E-state index in [-0.39, 0.29) is 17.3 Å². The summed E-state index contributed by atoms with van der Waals surface area (Å²) in [6.45, 7) is 4.39. The Bertz CT molecular complexity index is 1050. The Balaban J connectivity index is 1.94. The van der Waals surface area contributed by atoms with Gasteiger partial charge in [0.15, 0.2) is 6.61 Å².